The number of hydrogen-bond acceptors (Lipinski definition) is 2. The van der Waals surface area contributed by atoms with Crippen molar-refractivity contribution in [2.45, 2.75) is 26.0 Å². The summed E-state index contributed by atoms with van der Waals surface area (Å²) in [6, 6.07) is 3.61. The first kappa shape index (κ1) is 3.76. The summed E-state index contributed by atoms with van der Waals surface area (Å²) in [5, 5.41) is 0. The average molecular weight is 203 g/mol. The number of methoxy groups -OCH3 is 2. The lowest BCUT2D eigenvalue weighted by molar-refractivity contribution is 0.391. The van der Waals surface area contributed by atoms with Crippen LogP contribution in [0.25, 0.3) is 0 Å². The van der Waals surface area contributed by atoms with Crippen LogP contribution in [0.15, 0.2) is 18.2 Å². The lowest BCUT2D eigenvalue weighted by Gasteiger charge is -2.20. The van der Waals surface area contributed by atoms with Crippen LogP contribution in [0.1, 0.15) is 38.5 Å². The maximum absolute atomic E-state index is 7.67. The van der Waals surface area contributed by atoms with E-state index in [-0.39, 0.29) is 11.5 Å². The second-order valence-electron chi connectivity index (χ2n) is 2.85. The SMILES string of the molecule is [2H]C([2H])([2H])C(c1cc(OC)cc(OC)c1)(C([2H])([2H])[2H])C([2H])([2H])[2H]. The van der Waals surface area contributed by atoms with Gasteiger partial charge in [-0.05, 0) is 23.1 Å². The molecule has 2 nitrogen and oxygen atoms in total. The first-order valence-corrected chi connectivity index (χ1v) is 3.96. The van der Waals surface area contributed by atoms with Gasteiger partial charge in [0.25, 0.3) is 0 Å². The van der Waals surface area contributed by atoms with Crippen molar-refractivity contribution in [2.75, 3.05) is 14.2 Å². The standard InChI is InChI=1S/C12H18O2/c1-12(2,3)9-6-10(13-4)8-11(7-9)14-5/h6-8H,1-5H3/i1D3,2D3,3D3. The summed E-state index contributed by atoms with van der Waals surface area (Å²) < 4.78 is 79.1. The highest BCUT2D eigenvalue weighted by atomic mass is 16.5. The van der Waals surface area contributed by atoms with Crippen molar-refractivity contribution in [3.63, 3.8) is 0 Å². The van der Waals surface area contributed by atoms with E-state index in [1.54, 1.807) is 0 Å². The number of rotatable bonds is 2. The maximum Gasteiger partial charge on any atom is 0.122 e. The van der Waals surface area contributed by atoms with Crippen LogP contribution in [-0.4, -0.2) is 14.2 Å². The van der Waals surface area contributed by atoms with Gasteiger partial charge in [0.15, 0.2) is 0 Å². The average Bonchev–Trinajstić information content (AvgIpc) is 2.33. The topological polar surface area (TPSA) is 18.5 Å². The number of benzene rings is 1. The van der Waals surface area contributed by atoms with E-state index in [2.05, 4.69) is 0 Å². The Kier molecular flexibility index (Phi) is 1.05. The minimum atomic E-state index is -3.32. The lowest BCUT2D eigenvalue weighted by Crippen LogP contribution is -2.11. The van der Waals surface area contributed by atoms with E-state index in [0.717, 1.165) is 12.1 Å². The normalized spacial score (nSPS) is 23.4. The molecule has 0 atom stereocenters. The second-order valence-corrected chi connectivity index (χ2v) is 2.85. The molecular weight excluding hydrogens is 176 g/mol. The summed E-state index contributed by atoms with van der Waals surface area (Å²) in [5.74, 6) is 0.197. The van der Waals surface area contributed by atoms with Crippen LogP contribution in [0.5, 0.6) is 11.5 Å². The molecular formula is C12H18O2. The molecule has 0 aromatic heterocycles. The lowest BCUT2D eigenvalue weighted by atomic mass is 9.87. The summed E-state index contributed by atoms with van der Waals surface area (Å²) in [7, 11) is 2.58. The third kappa shape index (κ3) is 2.41. The van der Waals surface area contributed by atoms with Gasteiger partial charge in [-0.15, -0.1) is 0 Å². The Bertz CT molecular complexity index is 499. The van der Waals surface area contributed by atoms with Crippen molar-refractivity contribution in [1.82, 2.24) is 0 Å². The van der Waals surface area contributed by atoms with Crippen LogP contribution >= 0.6 is 0 Å². The van der Waals surface area contributed by atoms with E-state index in [0.29, 0.717) is 0 Å². The smallest absolute Gasteiger partial charge is 0.122 e. The van der Waals surface area contributed by atoms with Crippen molar-refractivity contribution in [3.05, 3.63) is 23.8 Å². The third-order valence-electron chi connectivity index (χ3n) is 1.78. The molecule has 0 saturated heterocycles. The zero-order chi connectivity index (χ0) is 18.3. The monoisotopic (exact) mass is 203 g/mol. The first-order valence-electron chi connectivity index (χ1n) is 8.46. The molecule has 0 bridgehead atoms. The van der Waals surface area contributed by atoms with E-state index in [1.165, 1.54) is 20.3 Å². The van der Waals surface area contributed by atoms with E-state index < -0.39 is 31.5 Å². The van der Waals surface area contributed by atoms with Gasteiger partial charge in [-0.25, -0.2) is 0 Å². The second kappa shape index (κ2) is 3.91. The Morgan fingerprint density at radius 1 is 1.00 bits per heavy atom. The third-order valence-corrected chi connectivity index (χ3v) is 1.78. The molecule has 2 heteroatoms. The highest BCUT2D eigenvalue weighted by Crippen LogP contribution is 2.30. The maximum atomic E-state index is 7.67. The van der Waals surface area contributed by atoms with Gasteiger partial charge in [-0.3, -0.25) is 0 Å². The van der Waals surface area contributed by atoms with Crippen molar-refractivity contribution in [3.8, 4) is 11.5 Å². The Morgan fingerprint density at radius 2 is 1.50 bits per heavy atom. The van der Waals surface area contributed by atoms with Gasteiger partial charge in [0.2, 0.25) is 0 Å². The molecule has 0 spiro atoms. The first-order chi connectivity index (χ1) is 10.2. The van der Waals surface area contributed by atoms with Crippen LogP contribution in [-0.2, 0) is 5.41 Å². The molecule has 0 heterocycles. The Hall–Kier alpha value is -1.18. The fourth-order valence-corrected chi connectivity index (χ4v) is 1.02. The van der Waals surface area contributed by atoms with Crippen molar-refractivity contribution in [2.24, 2.45) is 0 Å². The molecule has 0 unspecified atom stereocenters. The zero-order valence-electron chi connectivity index (χ0n) is 17.0. The van der Waals surface area contributed by atoms with Gasteiger partial charge in [0.05, 0.1) is 14.2 Å². The quantitative estimate of drug-likeness (QED) is 0.735. The van der Waals surface area contributed by atoms with E-state index in [1.807, 2.05) is 0 Å². The molecule has 0 aliphatic rings. The van der Waals surface area contributed by atoms with Crippen LogP contribution in [0.3, 0.4) is 0 Å². The Balaban J connectivity index is 3.93. The molecule has 1 rings (SSSR count). The molecule has 0 amide bonds. The van der Waals surface area contributed by atoms with Gasteiger partial charge in [-0.2, -0.15) is 0 Å². The molecule has 0 aliphatic carbocycles. The number of hydrogen-bond donors (Lipinski definition) is 0. The fourth-order valence-electron chi connectivity index (χ4n) is 1.02. The van der Waals surface area contributed by atoms with Crippen molar-refractivity contribution in [1.29, 1.82) is 0 Å². The molecule has 0 saturated carbocycles. The predicted molar refractivity (Wildman–Crippen MR) is 58.2 cm³/mol. The van der Waals surface area contributed by atoms with Crippen LogP contribution in [0.4, 0.5) is 0 Å². The van der Waals surface area contributed by atoms with Gasteiger partial charge in [-0.1, -0.05) is 20.6 Å². The van der Waals surface area contributed by atoms with Gasteiger partial charge in [0.1, 0.15) is 11.5 Å². The van der Waals surface area contributed by atoms with Crippen molar-refractivity contribution >= 4 is 0 Å². The summed E-state index contributed by atoms with van der Waals surface area (Å²) in [6.07, 6.45) is 0. The minimum absolute atomic E-state index is 0.0986. The van der Waals surface area contributed by atoms with Crippen molar-refractivity contribution < 1.29 is 21.8 Å². The molecule has 1 aromatic carbocycles. The molecule has 1 aromatic rings. The summed E-state index contributed by atoms with van der Waals surface area (Å²) >= 11 is 0. The molecule has 14 heavy (non-hydrogen) atoms. The van der Waals surface area contributed by atoms with Gasteiger partial charge in [0, 0.05) is 18.4 Å². The highest BCUT2D eigenvalue weighted by Gasteiger charge is 2.15. The highest BCUT2D eigenvalue weighted by molar-refractivity contribution is 5.41. The molecule has 78 valence electrons. The van der Waals surface area contributed by atoms with Crippen LogP contribution in [0, 0.1) is 0 Å². The Morgan fingerprint density at radius 3 is 1.86 bits per heavy atom. The van der Waals surface area contributed by atoms with E-state index in [4.69, 9.17) is 21.8 Å². The fraction of sp³-hybridized carbons (Fsp3) is 0.500. The molecule has 0 aliphatic heterocycles. The van der Waals surface area contributed by atoms with E-state index in [9.17, 15) is 0 Å². The largest absolute Gasteiger partial charge is 0.497 e. The molecule has 0 radical (unpaired) electrons. The van der Waals surface area contributed by atoms with Gasteiger partial charge < -0.3 is 9.47 Å². The molecule has 0 fully saturated rings. The zero-order valence-corrected chi connectivity index (χ0v) is 8.05. The molecule has 0 N–H and O–H groups in total. The number of ether oxygens (including phenoxy) is 2. The van der Waals surface area contributed by atoms with E-state index >= 15 is 0 Å². The summed E-state index contributed by atoms with van der Waals surface area (Å²) in [6.45, 7) is -9.96. The predicted octanol–water partition coefficient (Wildman–Crippen LogP) is 3.00. The summed E-state index contributed by atoms with van der Waals surface area (Å²) in [4.78, 5) is 0. The minimum Gasteiger partial charge on any atom is -0.497 e. The van der Waals surface area contributed by atoms with Crippen LogP contribution < -0.4 is 9.47 Å². The summed E-state index contributed by atoms with van der Waals surface area (Å²) in [5.41, 5.74) is -3.48. The van der Waals surface area contributed by atoms with Gasteiger partial charge >= 0.3 is 0 Å². The Labute approximate surface area is 98.5 Å². The van der Waals surface area contributed by atoms with Crippen LogP contribution in [0.2, 0.25) is 0 Å².